The zero-order chi connectivity index (χ0) is 24.2. The first kappa shape index (κ1) is 22.5. The maximum atomic E-state index is 13.1. The molecule has 0 radical (unpaired) electrons. The first-order valence-electron chi connectivity index (χ1n) is 10.7. The van der Waals surface area contributed by atoms with Crippen molar-refractivity contribution in [2.45, 2.75) is 13.5 Å². The standard InChI is InChI=1S/C27H24N4O3/c1-16-21(8-5-9-24(16)32)27(34)31-23-14-20(26(33)30-15-17-6-3-2-4-7-17)12-18-10-11-19(25(28)29)13-22(18)23/h2-14,32H,15H2,1H3,(H3,28,29)(H,30,33)(H,31,34). The van der Waals surface area contributed by atoms with E-state index < -0.39 is 5.91 Å². The minimum Gasteiger partial charge on any atom is -0.508 e. The van der Waals surface area contributed by atoms with E-state index in [1.807, 2.05) is 30.3 Å². The third kappa shape index (κ3) is 4.73. The summed E-state index contributed by atoms with van der Waals surface area (Å²) in [4.78, 5) is 26.0. The van der Waals surface area contributed by atoms with Gasteiger partial charge in [0.25, 0.3) is 11.8 Å². The molecule has 0 heterocycles. The summed E-state index contributed by atoms with van der Waals surface area (Å²) in [6.45, 7) is 2.02. The number of amidine groups is 1. The van der Waals surface area contributed by atoms with Crippen LogP contribution in [0.4, 0.5) is 5.69 Å². The minimum absolute atomic E-state index is 0.0189. The van der Waals surface area contributed by atoms with E-state index in [9.17, 15) is 14.7 Å². The van der Waals surface area contributed by atoms with Crippen LogP contribution in [0.5, 0.6) is 5.75 Å². The Morgan fingerprint density at radius 2 is 1.68 bits per heavy atom. The Hall–Kier alpha value is -4.65. The first-order valence-corrected chi connectivity index (χ1v) is 10.7. The highest BCUT2D eigenvalue weighted by molar-refractivity contribution is 6.13. The summed E-state index contributed by atoms with van der Waals surface area (Å²) < 4.78 is 0. The van der Waals surface area contributed by atoms with Gasteiger partial charge in [0.05, 0.1) is 0 Å². The van der Waals surface area contributed by atoms with Gasteiger partial charge in [0.15, 0.2) is 0 Å². The molecule has 4 aromatic rings. The number of benzene rings is 4. The second kappa shape index (κ2) is 9.46. The molecule has 170 valence electrons. The summed E-state index contributed by atoms with van der Waals surface area (Å²) in [6, 6.07) is 22.8. The smallest absolute Gasteiger partial charge is 0.256 e. The highest BCUT2D eigenvalue weighted by Gasteiger charge is 2.16. The Morgan fingerprint density at radius 3 is 2.41 bits per heavy atom. The fourth-order valence-electron chi connectivity index (χ4n) is 3.70. The molecule has 0 saturated carbocycles. The molecular formula is C27H24N4O3. The van der Waals surface area contributed by atoms with Gasteiger partial charge in [-0.15, -0.1) is 0 Å². The van der Waals surface area contributed by atoms with Crippen LogP contribution in [0.3, 0.4) is 0 Å². The number of nitrogen functional groups attached to an aromatic ring is 1. The molecule has 7 nitrogen and oxygen atoms in total. The van der Waals surface area contributed by atoms with E-state index in [4.69, 9.17) is 11.1 Å². The molecule has 4 aromatic carbocycles. The molecule has 0 aliphatic rings. The van der Waals surface area contributed by atoms with Crippen LogP contribution < -0.4 is 16.4 Å². The van der Waals surface area contributed by atoms with Crippen LogP contribution in [0.1, 0.15) is 37.4 Å². The van der Waals surface area contributed by atoms with Crippen LogP contribution in [0, 0.1) is 12.3 Å². The maximum Gasteiger partial charge on any atom is 0.256 e. The number of amides is 2. The largest absolute Gasteiger partial charge is 0.508 e. The van der Waals surface area contributed by atoms with Crippen molar-refractivity contribution in [2.75, 3.05) is 5.32 Å². The van der Waals surface area contributed by atoms with Crippen molar-refractivity contribution in [3.05, 3.63) is 107 Å². The number of nitrogens with one attached hydrogen (secondary N) is 3. The average Bonchev–Trinajstić information content (AvgIpc) is 2.84. The van der Waals surface area contributed by atoms with Crippen LogP contribution in [-0.2, 0) is 6.54 Å². The maximum absolute atomic E-state index is 13.1. The molecule has 0 bridgehead atoms. The van der Waals surface area contributed by atoms with E-state index in [1.54, 1.807) is 49.4 Å². The lowest BCUT2D eigenvalue weighted by molar-refractivity contribution is 0.0949. The Balaban J connectivity index is 1.72. The van der Waals surface area contributed by atoms with Crippen LogP contribution in [0.25, 0.3) is 10.8 Å². The number of anilines is 1. The zero-order valence-corrected chi connectivity index (χ0v) is 18.6. The van der Waals surface area contributed by atoms with Gasteiger partial charge in [-0.2, -0.15) is 0 Å². The molecule has 0 saturated heterocycles. The molecule has 4 rings (SSSR count). The van der Waals surface area contributed by atoms with Crippen molar-refractivity contribution in [1.29, 1.82) is 5.41 Å². The molecule has 0 spiro atoms. The molecule has 0 unspecified atom stereocenters. The Morgan fingerprint density at radius 1 is 0.912 bits per heavy atom. The number of carbonyl (C=O) groups is 2. The van der Waals surface area contributed by atoms with E-state index in [1.165, 1.54) is 6.07 Å². The summed E-state index contributed by atoms with van der Waals surface area (Å²) in [7, 11) is 0. The fraction of sp³-hybridized carbons (Fsp3) is 0.0741. The van der Waals surface area contributed by atoms with Crippen molar-refractivity contribution in [3.63, 3.8) is 0 Å². The molecule has 0 fully saturated rings. The lowest BCUT2D eigenvalue weighted by atomic mass is 10.0. The van der Waals surface area contributed by atoms with Gasteiger partial charge in [-0.1, -0.05) is 48.5 Å². The molecular weight excluding hydrogens is 428 g/mol. The highest BCUT2D eigenvalue weighted by Crippen LogP contribution is 2.29. The molecule has 2 amide bonds. The summed E-state index contributed by atoms with van der Waals surface area (Å²) in [5.41, 5.74) is 8.67. The number of phenols is 1. The van der Waals surface area contributed by atoms with Crippen LogP contribution in [0.2, 0.25) is 0 Å². The number of rotatable bonds is 6. The molecule has 0 aliphatic heterocycles. The van der Waals surface area contributed by atoms with Crippen molar-refractivity contribution < 1.29 is 14.7 Å². The summed E-state index contributed by atoms with van der Waals surface area (Å²) in [5.74, 6) is -0.798. The number of phenolic OH excluding ortho intramolecular Hbond substituents is 1. The lowest BCUT2D eigenvalue weighted by Gasteiger charge is -2.14. The molecule has 6 N–H and O–H groups in total. The van der Waals surface area contributed by atoms with Gasteiger partial charge in [0.2, 0.25) is 0 Å². The SMILES string of the molecule is Cc1c(O)cccc1C(=O)Nc1cc(C(=O)NCc2ccccc2)cc2ccc(C(=N)N)cc12. The summed E-state index contributed by atoms with van der Waals surface area (Å²) in [5, 5.41) is 24.8. The number of fused-ring (bicyclic) bond motifs is 1. The third-order valence-electron chi connectivity index (χ3n) is 5.62. The lowest BCUT2D eigenvalue weighted by Crippen LogP contribution is -2.23. The fourth-order valence-corrected chi connectivity index (χ4v) is 3.70. The number of hydrogen-bond acceptors (Lipinski definition) is 4. The Bertz CT molecular complexity index is 1410. The van der Waals surface area contributed by atoms with Crippen LogP contribution in [-0.4, -0.2) is 22.8 Å². The third-order valence-corrected chi connectivity index (χ3v) is 5.62. The normalized spacial score (nSPS) is 10.6. The highest BCUT2D eigenvalue weighted by atomic mass is 16.3. The van der Waals surface area contributed by atoms with Crippen molar-refractivity contribution >= 4 is 34.1 Å². The second-order valence-corrected chi connectivity index (χ2v) is 7.95. The minimum atomic E-state index is -0.426. The van der Waals surface area contributed by atoms with Crippen LogP contribution >= 0.6 is 0 Å². The van der Waals surface area contributed by atoms with Gasteiger partial charge in [-0.25, -0.2) is 0 Å². The Labute approximate surface area is 196 Å². The van der Waals surface area contributed by atoms with Gasteiger partial charge < -0.3 is 21.5 Å². The topological polar surface area (TPSA) is 128 Å². The second-order valence-electron chi connectivity index (χ2n) is 7.95. The van der Waals surface area contributed by atoms with E-state index in [0.29, 0.717) is 45.3 Å². The number of hydrogen-bond donors (Lipinski definition) is 5. The molecule has 7 heteroatoms. The van der Waals surface area contributed by atoms with Crippen molar-refractivity contribution in [1.82, 2.24) is 5.32 Å². The van der Waals surface area contributed by atoms with Gasteiger partial charge in [-0.05, 0) is 48.2 Å². The summed E-state index contributed by atoms with van der Waals surface area (Å²) in [6.07, 6.45) is 0. The van der Waals surface area contributed by atoms with E-state index in [-0.39, 0.29) is 17.5 Å². The molecule has 0 aromatic heterocycles. The monoisotopic (exact) mass is 452 g/mol. The average molecular weight is 453 g/mol. The van der Waals surface area contributed by atoms with E-state index in [0.717, 1.165) is 5.56 Å². The zero-order valence-electron chi connectivity index (χ0n) is 18.6. The number of carbonyl (C=O) groups excluding carboxylic acids is 2. The van der Waals surface area contributed by atoms with E-state index >= 15 is 0 Å². The van der Waals surface area contributed by atoms with Gasteiger partial charge in [0, 0.05) is 39.9 Å². The van der Waals surface area contributed by atoms with Crippen LogP contribution in [0.15, 0.2) is 78.9 Å². The predicted octanol–water partition coefficient (Wildman–Crippen LogP) is 4.32. The van der Waals surface area contributed by atoms with Crippen molar-refractivity contribution in [2.24, 2.45) is 5.73 Å². The van der Waals surface area contributed by atoms with Crippen molar-refractivity contribution in [3.8, 4) is 5.75 Å². The summed E-state index contributed by atoms with van der Waals surface area (Å²) >= 11 is 0. The first-order chi connectivity index (χ1) is 16.3. The molecule has 0 aliphatic carbocycles. The molecule has 34 heavy (non-hydrogen) atoms. The molecule has 0 atom stereocenters. The van der Waals surface area contributed by atoms with Gasteiger partial charge in [0.1, 0.15) is 11.6 Å². The Kier molecular flexibility index (Phi) is 6.27. The van der Waals surface area contributed by atoms with Gasteiger partial charge in [-0.3, -0.25) is 15.0 Å². The van der Waals surface area contributed by atoms with Gasteiger partial charge >= 0.3 is 0 Å². The number of nitrogens with two attached hydrogens (primary N) is 1. The quantitative estimate of drug-likeness (QED) is 0.220. The number of aromatic hydroxyl groups is 1. The predicted molar refractivity (Wildman–Crippen MR) is 133 cm³/mol. The van der Waals surface area contributed by atoms with E-state index in [2.05, 4.69) is 10.6 Å².